The molecule has 2 atom stereocenters. The van der Waals surface area contributed by atoms with Gasteiger partial charge in [0.2, 0.25) is 0 Å². The van der Waals surface area contributed by atoms with Crippen LogP contribution in [0.3, 0.4) is 0 Å². The summed E-state index contributed by atoms with van der Waals surface area (Å²) in [5.41, 5.74) is 3.98. The maximum atomic E-state index is 5.96. The molecule has 0 bridgehead atoms. The second kappa shape index (κ2) is 4.98. The average Bonchev–Trinajstić information content (AvgIpc) is 2.43. The Kier molecular flexibility index (Phi) is 3.62. The Labute approximate surface area is 98.0 Å². The molecule has 1 fully saturated rings. The van der Waals surface area contributed by atoms with E-state index in [-0.39, 0.29) is 6.10 Å². The number of benzene rings is 1. The number of rotatable bonds is 1. The average molecular weight is 219 g/mol. The Morgan fingerprint density at radius 3 is 2.81 bits per heavy atom. The molecule has 88 valence electrons. The lowest BCUT2D eigenvalue weighted by molar-refractivity contribution is 0.0511. The Bertz CT molecular complexity index is 362. The lowest BCUT2D eigenvalue weighted by atomic mass is 10.0. The summed E-state index contributed by atoms with van der Waals surface area (Å²) in [6.07, 6.45) is 0.213. The molecule has 1 saturated heterocycles. The highest BCUT2D eigenvalue weighted by molar-refractivity contribution is 5.32. The molecule has 1 N–H and O–H groups in total. The smallest absolute Gasteiger partial charge is 0.0951 e. The zero-order valence-electron chi connectivity index (χ0n) is 10.4. The summed E-state index contributed by atoms with van der Waals surface area (Å²) in [6, 6.07) is 6.60. The van der Waals surface area contributed by atoms with Crippen LogP contribution in [0.5, 0.6) is 0 Å². The molecule has 2 unspecified atom stereocenters. The van der Waals surface area contributed by atoms with Gasteiger partial charge in [-0.3, -0.25) is 0 Å². The van der Waals surface area contributed by atoms with Gasteiger partial charge in [-0.25, -0.2) is 0 Å². The molecule has 2 rings (SSSR count). The molecule has 1 aliphatic heterocycles. The lowest BCUT2D eigenvalue weighted by Gasteiger charge is -2.18. The van der Waals surface area contributed by atoms with Crippen LogP contribution in [0, 0.1) is 19.8 Å². The van der Waals surface area contributed by atoms with Gasteiger partial charge in [0.25, 0.3) is 0 Å². The fourth-order valence-corrected chi connectivity index (χ4v) is 2.25. The molecule has 0 amide bonds. The van der Waals surface area contributed by atoms with Gasteiger partial charge >= 0.3 is 0 Å². The second-order valence-corrected chi connectivity index (χ2v) is 4.95. The summed E-state index contributed by atoms with van der Waals surface area (Å²) < 4.78 is 5.96. The van der Waals surface area contributed by atoms with Gasteiger partial charge in [-0.15, -0.1) is 0 Å². The van der Waals surface area contributed by atoms with E-state index >= 15 is 0 Å². The van der Waals surface area contributed by atoms with Crippen molar-refractivity contribution in [3.05, 3.63) is 34.9 Å². The third-order valence-corrected chi connectivity index (χ3v) is 3.18. The van der Waals surface area contributed by atoms with Crippen molar-refractivity contribution < 1.29 is 4.74 Å². The fraction of sp³-hybridized carbons (Fsp3) is 0.571. The first-order valence-corrected chi connectivity index (χ1v) is 6.06. The van der Waals surface area contributed by atoms with Gasteiger partial charge in [0.05, 0.1) is 12.7 Å². The van der Waals surface area contributed by atoms with Gasteiger partial charge in [0.15, 0.2) is 0 Å². The summed E-state index contributed by atoms with van der Waals surface area (Å²) in [5.74, 6) is 0.607. The molecule has 2 nitrogen and oxygen atoms in total. The highest BCUT2D eigenvalue weighted by Gasteiger charge is 2.19. The Morgan fingerprint density at radius 2 is 2.06 bits per heavy atom. The summed E-state index contributed by atoms with van der Waals surface area (Å²) in [7, 11) is 0. The number of hydrogen-bond donors (Lipinski definition) is 1. The highest BCUT2D eigenvalue weighted by Crippen LogP contribution is 2.23. The number of ether oxygens (including phenoxy) is 1. The second-order valence-electron chi connectivity index (χ2n) is 4.95. The maximum absolute atomic E-state index is 5.96. The van der Waals surface area contributed by atoms with Crippen molar-refractivity contribution >= 4 is 0 Å². The Balaban J connectivity index is 2.16. The Hall–Kier alpha value is -0.860. The number of hydrogen-bond acceptors (Lipinski definition) is 2. The van der Waals surface area contributed by atoms with Gasteiger partial charge in [-0.1, -0.05) is 30.7 Å². The lowest BCUT2D eigenvalue weighted by Crippen LogP contribution is -2.22. The molecule has 1 heterocycles. The number of nitrogens with one attached hydrogen (secondary N) is 1. The van der Waals surface area contributed by atoms with Crippen molar-refractivity contribution in [2.75, 3.05) is 19.7 Å². The minimum absolute atomic E-state index is 0.213. The Morgan fingerprint density at radius 1 is 1.25 bits per heavy atom. The summed E-state index contributed by atoms with van der Waals surface area (Å²) in [6.45, 7) is 9.35. The van der Waals surface area contributed by atoms with Gasteiger partial charge in [0.1, 0.15) is 0 Å². The topological polar surface area (TPSA) is 21.3 Å². The monoisotopic (exact) mass is 219 g/mol. The van der Waals surface area contributed by atoms with Crippen molar-refractivity contribution in [2.24, 2.45) is 5.92 Å². The van der Waals surface area contributed by atoms with Gasteiger partial charge in [0, 0.05) is 13.1 Å². The molecule has 0 aromatic heterocycles. The quantitative estimate of drug-likeness (QED) is 0.784. The molecular weight excluding hydrogens is 198 g/mol. The van der Waals surface area contributed by atoms with E-state index in [0.717, 1.165) is 19.7 Å². The van der Waals surface area contributed by atoms with E-state index in [1.54, 1.807) is 0 Å². The molecule has 0 aliphatic carbocycles. The highest BCUT2D eigenvalue weighted by atomic mass is 16.5. The number of aryl methyl sites for hydroxylation is 2. The van der Waals surface area contributed by atoms with Crippen molar-refractivity contribution in [2.45, 2.75) is 26.9 Å². The van der Waals surface area contributed by atoms with Crippen molar-refractivity contribution in [3.8, 4) is 0 Å². The molecule has 1 aliphatic rings. The van der Waals surface area contributed by atoms with Crippen LogP contribution in [0.25, 0.3) is 0 Å². The third-order valence-electron chi connectivity index (χ3n) is 3.18. The first kappa shape index (κ1) is 11.6. The van der Waals surface area contributed by atoms with Crippen LogP contribution < -0.4 is 5.32 Å². The van der Waals surface area contributed by atoms with Crippen LogP contribution in [0.2, 0.25) is 0 Å². The first-order chi connectivity index (χ1) is 7.66. The van der Waals surface area contributed by atoms with Crippen molar-refractivity contribution in [1.29, 1.82) is 0 Å². The summed E-state index contributed by atoms with van der Waals surface area (Å²) >= 11 is 0. The molecule has 0 radical (unpaired) electrons. The molecule has 0 spiro atoms. The van der Waals surface area contributed by atoms with Crippen LogP contribution in [0.15, 0.2) is 18.2 Å². The van der Waals surface area contributed by atoms with Crippen LogP contribution in [0.1, 0.15) is 29.7 Å². The van der Waals surface area contributed by atoms with E-state index in [9.17, 15) is 0 Å². The van der Waals surface area contributed by atoms with Crippen LogP contribution in [-0.2, 0) is 4.74 Å². The normalized spacial score (nSPS) is 26.4. The van der Waals surface area contributed by atoms with Gasteiger partial charge in [-0.2, -0.15) is 0 Å². The van der Waals surface area contributed by atoms with E-state index in [2.05, 4.69) is 44.3 Å². The fourth-order valence-electron chi connectivity index (χ4n) is 2.25. The molecule has 1 aromatic rings. The van der Waals surface area contributed by atoms with Crippen molar-refractivity contribution in [1.82, 2.24) is 5.32 Å². The third kappa shape index (κ3) is 2.63. The SMILES string of the molecule is Cc1ccc(C2CNCC(C)CO2)c(C)c1. The van der Waals surface area contributed by atoms with E-state index in [1.165, 1.54) is 16.7 Å². The van der Waals surface area contributed by atoms with Gasteiger partial charge in [-0.05, 0) is 30.9 Å². The van der Waals surface area contributed by atoms with E-state index in [1.807, 2.05) is 0 Å². The first-order valence-electron chi connectivity index (χ1n) is 6.06. The predicted octanol–water partition coefficient (Wildman–Crippen LogP) is 2.60. The van der Waals surface area contributed by atoms with Crippen LogP contribution >= 0.6 is 0 Å². The molecular formula is C14H21NO. The zero-order chi connectivity index (χ0) is 11.5. The minimum atomic E-state index is 0.213. The zero-order valence-corrected chi connectivity index (χ0v) is 10.4. The molecule has 2 heteroatoms. The summed E-state index contributed by atoms with van der Waals surface area (Å²) in [4.78, 5) is 0. The molecule has 16 heavy (non-hydrogen) atoms. The predicted molar refractivity (Wildman–Crippen MR) is 66.6 cm³/mol. The van der Waals surface area contributed by atoms with Crippen molar-refractivity contribution in [3.63, 3.8) is 0 Å². The largest absolute Gasteiger partial charge is 0.372 e. The summed E-state index contributed by atoms with van der Waals surface area (Å²) in [5, 5.41) is 3.46. The van der Waals surface area contributed by atoms with E-state index in [0.29, 0.717) is 5.92 Å². The minimum Gasteiger partial charge on any atom is -0.372 e. The maximum Gasteiger partial charge on any atom is 0.0951 e. The van der Waals surface area contributed by atoms with E-state index in [4.69, 9.17) is 4.74 Å². The standard InChI is InChI=1S/C14H21NO/c1-10-4-5-13(12(3)6-10)14-8-15-7-11(2)9-16-14/h4-6,11,14-15H,7-9H2,1-3H3. The van der Waals surface area contributed by atoms with E-state index < -0.39 is 0 Å². The molecule has 0 saturated carbocycles. The van der Waals surface area contributed by atoms with Crippen LogP contribution in [-0.4, -0.2) is 19.7 Å². The van der Waals surface area contributed by atoms with Gasteiger partial charge < -0.3 is 10.1 Å². The van der Waals surface area contributed by atoms with Crippen LogP contribution in [0.4, 0.5) is 0 Å². The molecule has 1 aromatic carbocycles.